The van der Waals surface area contributed by atoms with Crippen LogP contribution in [0, 0.1) is 22.7 Å². The van der Waals surface area contributed by atoms with Crippen molar-refractivity contribution in [2.24, 2.45) is 11.3 Å². The number of rotatable bonds is 3. The molecular formula is C23H24N2O2. The SMILES string of the molecule is CCCC1C(C#N)=C(c2c[nH]c3ccccc23)OC2=C1C(=O)CC(C)(C)C2. The number of allylic oxidation sites excluding steroid dienone is 3. The molecule has 4 nitrogen and oxygen atoms in total. The molecule has 27 heavy (non-hydrogen) atoms. The summed E-state index contributed by atoms with van der Waals surface area (Å²) < 4.78 is 6.32. The van der Waals surface area contributed by atoms with Gasteiger partial charge in [-0.25, -0.2) is 0 Å². The number of carbonyl (C=O) groups excluding carboxylic acids is 1. The molecule has 2 heterocycles. The summed E-state index contributed by atoms with van der Waals surface area (Å²) in [5, 5.41) is 11.0. The molecule has 1 N–H and O–H groups in total. The third-order valence-electron chi connectivity index (χ3n) is 5.58. The zero-order chi connectivity index (χ0) is 19.2. The predicted octanol–water partition coefficient (Wildman–Crippen LogP) is 5.49. The molecule has 0 radical (unpaired) electrons. The second kappa shape index (κ2) is 6.42. The van der Waals surface area contributed by atoms with Crippen LogP contribution in [0.15, 0.2) is 47.4 Å². The van der Waals surface area contributed by atoms with Gasteiger partial charge in [-0.3, -0.25) is 4.79 Å². The number of H-pyrrole nitrogens is 1. The van der Waals surface area contributed by atoms with Gasteiger partial charge in [0.05, 0.1) is 11.6 Å². The van der Waals surface area contributed by atoms with Gasteiger partial charge in [0.2, 0.25) is 0 Å². The van der Waals surface area contributed by atoms with Crippen molar-refractivity contribution < 1.29 is 9.53 Å². The van der Waals surface area contributed by atoms with E-state index in [1.54, 1.807) is 0 Å². The van der Waals surface area contributed by atoms with Gasteiger partial charge in [-0.15, -0.1) is 0 Å². The maximum absolute atomic E-state index is 12.9. The van der Waals surface area contributed by atoms with E-state index in [1.807, 2.05) is 30.5 Å². The molecular weight excluding hydrogens is 336 g/mol. The fourth-order valence-corrected chi connectivity index (χ4v) is 4.40. The fourth-order valence-electron chi connectivity index (χ4n) is 4.40. The van der Waals surface area contributed by atoms with Crippen LogP contribution in [0.3, 0.4) is 0 Å². The number of ketones is 1. The van der Waals surface area contributed by atoms with Gasteiger partial charge in [-0.05, 0) is 17.9 Å². The number of Topliss-reactive ketones (excluding diaryl/α,β-unsaturated/α-hetero) is 1. The zero-order valence-electron chi connectivity index (χ0n) is 16.1. The maximum atomic E-state index is 12.9. The largest absolute Gasteiger partial charge is 0.459 e. The minimum atomic E-state index is -0.170. The van der Waals surface area contributed by atoms with Crippen LogP contribution in [0.4, 0.5) is 0 Å². The molecule has 0 amide bonds. The number of nitrogens with zero attached hydrogens (tertiary/aromatic N) is 1. The Morgan fingerprint density at radius 2 is 2.07 bits per heavy atom. The van der Waals surface area contributed by atoms with Gasteiger partial charge in [0.15, 0.2) is 11.5 Å². The van der Waals surface area contributed by atoms with Crippen LogP contribution >= 0.6 is 0 Å². The number of aromatic nitrogens is 1. The van der Waals surface area contributed by atoms with E-state index >= 15 is 0 Å². The van der Waals surface area contributed by atoms with Crippen LogP contribution < -0.4 is 0 Å². The van der Waals surface area contributed by atoms with Crippen molar-refractivity contribution in [1.29, 1.82) is 5.26 Å². The van der Waals surface area contributed by atoms with Gasteiger partial charge in [0.25, 0.3) is 0 Å². The second-order valence-electron chi connectivity index (χ2n) is 8.32. The molecule has 2 aliphatic rings. The molecule has 1 aromatic carbocycles. The summed E-state index contributed by atoms with van der Waals surface area (Å²) in [5.41, 5.74) is 3.09. The van der Waals surface area contributed by atoms with E-state index in [2.05, 4.69) is 31.8 Å². The predicted molar refractivity (Wildman–Crippen MR) is 105 cm³/mol. The van der Waals surface area contributed by atoms with Gasteiger partial charge in [-0.2, -0.15) is 5.26 Å². The van der Waals surface area contributed by atoms with Crippen molar-refractivity contribution in [3.8, 4) is 6.07 Å². The molecule has 0 bridgehead atoms. The molecule has 0 fully saturated rings. The van der Waals surface area contributed by atoms with Gasteiger partial charge in [0, 0.05) is 47.0 Å². The van der Waals surface area contributed by atoms with Crippen LogP contribution in [-0.4, -0.2) is 10.8 Å². The molecule has 1 aliphatic carbocycles. The molecule has 4 heteroatoms. The van der Waals surface area contributed by atoms with Gasteiger partial charge in [-0.1, -0.05) is 45.4 Å². The number of nitriles is 1. The summed E-state index contributed by atoms with van der Waals surface area (Å²) >= 11 is 0. The standard InChI is InChI=1S/C23H24N2O2/c1-4-7-15-16(12-24)22(17-13-25-18-9-6-5-8-14(17)18)27-20-11-23(2,3)10-19(26)21(15)20/h5-6,8-9,13,15,25H,4,7,10-11H2,1-3H3. The van der Waals surface area contributed by atoms with Crippen LogP contribution in [0.25, 0.3) is 16.7 Å². The molecule has 1 atom stereocenters. The molecule has 4 rings (SSSR count). The Morgan fingerprint density at radius 3 is 2.81 bits per heavy atom. The summed E-state index contributed by atoms with van der Waals surface area (Å²) in [7, 11) is 0. The van der Waals surface area contributed by atoms with E-state index in [4.69, 9.17) is 4.74 Å². The monoisotopic (exact) mass is 360 g/mol. The molecule has 138 valence electrons. The van der Waals surface area contributed by atoms with Crippen molar-refractivity contribution in [1.82, 2.24) is 4.98 Å². The zero-order valence-corrected chi connectivity index (χ0v) is 16.1. The lowest BCUT2D eigenvalue weighted by atomic mass is 9.70. The first kappa shape index (κ1) is 17.6. The Hall–Kier alpha value is -2.80. The lowest BCUT2D eigenvalue weighted by molar-refractivity contribution is -0.119. The highest BCUT2D eigenvalue weighted by molar-refractivity contribution is 6.01. The number of hydrogen-bond donors (Lipinski definition) is 1. The Kier molecular flexibility index (Phi) is 4.19. The van der Waals surface area contributed by atoms with Crippen molar-refractivity contribution in [3.63, 3.8) is 0 Å². The van der Waals surface area contributed by atoms with E-state index in [0.717, 1.165) is 47.1 Å². The number of carbonyl (C=O) groups is 1. The molecule has 0 saturated carbocycles. The highest BCUT2D eigenvalue weighted by Gasteiger charge is 2.42. The first-order valence-corrected chi connectivity index (χ1v) is 9.60. The van der Waals surface area contributed by atoms with Crippen LogP contribution in [-0.2, 0) is 9.53 Å². The quantitative estimate of drug-likeness (QED) is 0.787. The number of para-hydroxylation sites is 1. The van der Waals surface area contributed by atoms with E-state index in [-0.39, 0.29) is 17.1 Å². The van der Waals surface area contributed by atoms with Gasteiger partial charge < -0.3 is 9.72 Å². The molecule has 0 saturated heterocycles. The highest BCUT2D eigenvalue weighted by Crippen LogP contribution is 2.48. The number of nitrogens with one attached hydrogen (secondary N) is 1. The third-order valence-corrected chi connectivity index (χ3v) is 5.58. The Bertz CT molecular complexity index is 1030. The maximum Gasteiger partial charge on any atom is 0.163 e. The van der Waals surface area contributed by atoms with Gasteiger partial charge in [0.1, 0.15) is 5.76 Å². The lowest BCUT2D eigenvalue weighted by Gasteiger charge is -2.37. The first-order chi connectivity index (χ1) is 12.9. The molecule has 0 spiro atoms. The van der Waals surface area contributed by atoms with Gasteiger partial charge >= 0.3 is 0 Å². The summed E-state index contributed by atoms with van der Waals surface area (Å²) in [5.74, 6) is 1.33. The summed E-state index contributed by atoms with van der Waals surface area (Å²) in [6.45, 7) is 6.29. The summed E-state index contributed by atoms with van der Waals surface area (Å²) in [6.07, 6.45) is 4.82. The fraction of sp³-hybridized carbons (Fsp3) is 0.391. The number of fused-ring (bicyclic) bond motifs is 1. The van der Waals surface area contributed by atoms with Crippen molar-refractivity contribution >= 4 is 22.4 Å². The topological polar surface area (TPSA) is 65.9 Å². The number of aromatic amines is 1. The van der Waals surface area contributed by atoms with E-state index in [9.17, 15) is 10.1 Å². The summed E-state index contributed by atoms with van der Waals surface area (Å²) in [6, 6.07) is 10.4. The number of benzene rings is 1. The summed E-state index contributed by atoms with van der Waals surface area (Å²) in [4.78, 5) is 16.2. The normalized spacial score (nSPS) is 21.9. The van der Waals surface area contributed by atoms with Crippen molar-refractivity contribution in [2.75, 3.05) is 0 Å². The van der Waals surface area contributed by atoms with Crippen molar-refractivity contribution in [2.45, 2.75) is 46.5 Å². The molecule has 1 unspecified atom stereocenters. The van der Waals surface area contributed by atoms with E-state index < -0.39 is 0 Å². The average molecular weight is 360 g/mol. The average Bonchev–Trinajstić information content (AvgIpc) is 3.04. The highest BCUT2D eigenvalue weighted by atomic mass is 16.5. The Morgan fingerprint density at radius 1 is 1.30 bits per heavy atom. The van der Waals surface area contributed by atoms with Crippen LogP contribution in [0.2, 0.25) is 0 Å². The molecule has 1 aromatic heterocycles. The van der Waals surface area contributed by atoms with Crippen molar-refractivity contribution in [3.05, 3.63) is 52.9 Å². The smallest absolute Gasteiger partial charge is 0.163 e. The van der Waals surface area contributed by atoms with Crippen LogP contribution in [0.1, 0.15) is 52.0 Å². The van der Waals surface area contributed by atoms with E-state index in [0.29, 0.717) is 17.8 Å². The Balaban J connectivity index is 1.90. The number of ether oxygens (including phenoxy) is 1. The minimum absolute atomic E-state index is 0.123. The molecule has 2 aromatic rings. The number of hydrogen-bond acceptors (Lipinski definition) is 3. The second-order valence-corrected chi connectivity index (χ2v) is 8.32. The third kappa shape index (κ3) is 2.88. The first-order valence-electron chi connectivity index (χ1n) is 9.60. The minimum Gasteiger partial charge on any atom is -0.459 e. The van der Waals surface area contributed by atoms with Crippen LogP contribution in [0.5, 0.6) is 0 Å². The lowest BCUT2D eigenvalue weighted by Crippen LogP contribution is -2.32. The molecule has 1 aliphatic heterocycles. The Labute approximate surface area is 159 Å². The van der Waals surface area contributed by atoms with E-state index in [1.165, 1.54) is 0 Å².